The zero-order valence-electron chi connectivity index (χ0n) is 12.9. The minimum atomic E-state index is 0. The number of halogens is 1. The van der Waals surface area contributed by atoms with Gasteiger partial charge in [0.25, 0.3) is 0 Å². The number of hydrogen-bond donors (Lipinski definition) is 2. The fourth-order valence-electron chi connectivity index (χ4n) is 3.02. The monoisotopic (exact) mass is 331 g/mol. The lowest BCUT2D eigenvalue weighted by molar-refractivity contribution is -0.117. The van der Waals surface area contributed by atoms with Gasteiger partial charge in [0, 0.05) is 30.7 Å². The predicted octanol–water partition coefficient (Wildman–Crippen LogP) is 2.47. The highest BCUT2D eigenvalue weighted by molar-refractivity contribution is 5.92. The number of likely N-dealkylation sites (tertiary alicyclic amines) is 1. The van der Waals surface area contributed by atoms with Crippen molar-refractivity contribution < 1.29 is 4.79 Å². The Hall–Kier alpha value is -1.88. The molecule has 5 heteroatoms. The molecular formula is C18H22ClN3O. The maximum atomic E-state index is 12.1. The van der Waals surface area contributed by atoms with E-state index < -0.39 is 0 Å². The fourth-order valence-corrected chi connectivity index (χ4v) is 3.02. The van der Waals surface area contributed by atoms with E-state index in [0.29, 0.717) is 12.5 Å². The average molecular weight is 332 g/mol. The highest BCUT2D eigenvalue weighted by Gasteiger charge is 2.31. The number of anilines is 1. The van der Waals surface area contributed by atoms with Crippen LogP contribution < -0.4 is 11.1 Å². The zero-order chi connectivity index (χ0) is 15.4. The van der Waals surface area contributed by atoms with Crippen LogP contribution in [0.25, 0.3) is 0 Å². The molecule has 0 saturated carbocycles. The number of nitrogens with two attached hydrogens (primary N) is 1. The number of hydrogen-bond acceptors (Lipinski definition) is 3. The SMILES string of the molecule is Cl.N[C@@H]1CN(CC(=O)Nc2ccccc2)C[C@H]1c1ccccc1. The molecule has 1 heterocycles. The number of benzene rings is 2. The van der Waals surface area contributed by atoms with Crippen LogP contribution in [0.1, 0.15) is 11.5 Å². The predicted molar refractivity (Wildman–Crippen MR) is 95.9 cm³/mol. The molecule has 4 nitrogen and oxygen atoms in total. The summed E-state index contributed by atoms with van der Waals surface area (Å²) in [5, 5.41) is 2.92. The average Bonchev–Trinajstić information content (AvgIpc) is 2.89. The Labute approximate surface area is 143 Å². The van der Waals surface area contributed by atoms with Crippen LogP contribution in [0.4, 0.5) is 5.69 Å². The summed E-state index contributed by atoms with van der Waals surface area (Å²) in [6.45, 7) is 1.96. The van der Waals surface area contributed by atoms with Crippen LogP contribution in [0.15, 0.2) is 60.7 Å². The first kappa shape index (κ1) is 17.5. The quantitative estimate of drug-likeness (QED) is 0.905. The number of rotatable bonds is 4. The molecule has 3 rings (SSSR count). The van der Waals surface area contributed by atoms with Gasteiger partial charge < -0.3 is 11.1 Å². The molecule has 122 valence electrons. The van der Waals surface area contributed by atoms with Gasteiger partial charge in [-0.2, -0.15) is 0 Å². The number of nitrogens with zero attached hydrogens (tertiary/aromatic N) is 1. The van der Waals surface area contributed by atoms with Crippen molar-refractivity contribution in [2.75, 3.05) is 25.0 Å². The number of nitrogens with one attached hydrogen (secondary N) is 1. The van der Waals surface area contributed by atoms with Gasteiger partial charge in [0.05, 0.1) is 6.54 Å². The van der Waals surface area contributed by atoms with Crippen molar-refractivity contribution in [3.05, 3.63) is 66.2 Å². The van der Waals surface area contributed by atoms with Gasteiger partial charge >= 0.3 is 0 Å². The Morgan fingerprint density at radius 1 is 1.04 bits per heavy atom. The molecule has 0 bridgehead atoms. The highest BCUT2D eigenvalue weighted by atomic mass is 35.5. The van der Waals surface area contributed by atoms with Crippen molar-refractivity contribution in [3.8, 4) is 0 Å². The smallest absolute Gasteiger partial charge is 0.238 e. The lowest BCUT2D eigenvalue weighted by atomic mass is 9.95. The molecule has 1 saturated heterocycles. The van der Waals surface area contributed by atoms with Crippen molar-refractivity contribution >= 4 is 24.0 Å². The fraction of sp³-hybridized carbons (Fsp3) is 0.278. The summed E-state index contributed by atoms with van der Waals surface area (Å²) in [5.74, 6) is 0.304. The van der Waals surface area contributed by atoms with E-state index in [1.165, 1.54) is 5.56 Å². The molecule has 1 aliphatic rings. The molecule has 3 N–H and O–H groups in total. The van der Waals surface area contributed by atoms with Crippen molar-refractivity contribution in [2.45, 2.75) is 12.0 Å². The second kappa shape index (κ2) is 8.11. The Morgan fingerprint density at radius 3 is 2.30 bits per heavy atom. The van der Waals surface area contributed by atoms with Gasteiger partial charge in [-0.3, -0.25) is 9.69 Å². The third-order valence-electron chi connectivity index (χ3n) is 4.09. The Balaban J connectivity index is 0.00000192. The largest absolute Gasteiger partial charge is 0.326 e. The molecule has 1 aliphatic heterocycles. The van der Waals surface area contributed by atoms with Crippen LogP contribution in [0.5, 0.6) is 0 Å². The van der Waals surface area contributed by atoms with E-state index in [9.17, 15) is 4.79 Å². The van der Waals surface area contributed by atoms with E-state index >= 15 is 0 Å². The molecular weight excluding hydrogens is 310 g/mol. The Morgan fingerprint density at radius 2 is 1.65 bits per heavy atom. The molecule has 0 spiro atoms. The van der Waals surface area contributed by atoms with E-state index in [4.69, 9.17) is 5.73 Å². The van der Waals surface area contributed by atoms with Gasteiger partial charge in [-0.05, 0) is 17.7 Å². The molecule has 2 aromatic carbocycles. The lowest BCUT2D eigenvalue weighted by Gasteiger charge is -2.15. The van der Waals surface area contributed by atoms with Crippen molar-refractivity contribution in [1.82, 2.24) is 4.90 Å². The minimum Gasteiger partial charge on any atom is -0.326 e. The van der Waals surface area contributed by atoms with E-state index in [0.717, 1.165) is 18.8 Å². The van der Waals surface area contributed by atoms with Crippen LogP contribution in [0.2, 0.25) is 0 Å². The molecule has 2 atom stereocenters. The number of carbonyl (C=O) groups excluding carboxylic acids is 1. The number of para-hydroxylation sites is 1. The Bertz CT molecular complexity index is 621. The van der Waals surface area contributed by atoms with Gasteiger partial charge in [0.1, 0.15) is 0 Å². The van der Waals surface area contributed by atoms with E-state index in [1.807, 2.05) is 48.5 Å². The molecule has 1 amide bonds. The maximum absolute atomic E-state index is 12.1. The summed E-state index contributed by atoms with van der Waals surface area (Å²) >= 11 is 0. The van der Waals surface area contributed by atoms with Crippen LogP contribution in [0.3, 0.4) is 0 Å². The van der Waals surface area contributed by atoms with Crippen molar-refractivity contribution in [3.63, 3.8) is 0 Å². The lowest BCUT2D eigenvalue weighted by Crippen LogP contribution is -2.33. The second-order valence-electron chi connectivity index (χ2n) is 5.79. The molecule has 23 heavy (non-hydrogen) atoms. The van der Waals surface area contributed by atoms with Gasteiger partial charge in [0.15, 0.2) is 0 Å². The van der Waals surface area contributed by atoms with Gasteiger partial charge in [0.2, 0.25) is 5.91 Å². The highest BCUT2D eigenvalue weighted by Crippen LogP contribution is 2.26. The molecule has 1 fully saturated rings. The first-order valence-corrected chi connectivity index (χ1v) is 7.60. The first-order chi connectivity index (χ1) is 10.7. The van der Waals surface area contributed by atoms with Crippen LogP contribution >= 0.6 is 12.4 Å². The number of amides is 1. The first-order valence-electron chi connectivity index (χ1n) is 7.60. The molecule has 2 aromatic rings. The van der Waals surface area contributed by atoms with Crippen LogP contribution in [-0.2, 0) is 4.79 Å². The summed E-state index contributed by atoms with van der Waals surface area (Å²) in [5.41, 5.74) is 8.34. The van der Waals surface area contributed by atoms with Crippen LogP contribution in [0, 0.1) is 0 Å². The molecule has 0 aliphatic carbocycles. The zero-order valence-corrected chi connectivity index (χ0v) is 13.7. The topological polar surface area (TPSA) is 58.4 Å². The van der Waals surface area contributed by atoms with Gasteiger partial charge in [-0.1, -0.05) is 48.5 Å². The summed E-state index contributed by atoms with van der Waals surface area (Å²) in [6.07, 6.45) is 0. The molecule has 0 unspecified atom stereocenters. The summed E-state index contributed by atoms with van der Waals surface area (Å²) in [7, 11) is 0. The van der Waals surface area contributed by atoms with Crippen molar-refractivity contribution in [1.29, 1.82) is 0 Å². The van der Waals surface area contributed by atoms with Gasteiger partial charge in [-0.15, -0.1) is 12.4 Å². The molecule has 0 aromatic heterocycles. The van der Waals surface area contributed by atoms with E-state index in [2.05, 4.69) is 22.3 Å². The van der Waals surface area contributed by atoms with E-state index in [-0.39, 0.29) is 24.4 Å². The molecule has 0 radical (unpaired) electrons. The second-order valence-corrected chi connectivity index (χ2v) is 5.79. The number of carbonyl (C=O) groups is 1. The third kappa shape index (κ3) is 4.55. The summed E-state index contributed by atoms with van der Waals surface area (Å²) in [6, 6.07) is 19.9. The minimum absolute atomic E-state index is 0. The summed E-state index contributed by atoms with van der Waals surface area (Å²) < 4.78 is 0. The van der Waals surface area contributed by atoms with E-state index in [1.54, 1.807) is 0 Å². The van der Waals surface area contributed by atoms with Crippen molar-refractivity contribution in [2.24, 2.45) is 5.73 Å². The Kier molecular flexibility index (Phi) is 6.16. The maximum Gasteiger partial charge on any atom is 0.238 e. The summed E-state index contributed by atoms with van der Waals surface area (Å²) in [4.78, 5) is 14.3. The standard InChI is InChI=1S/C18H21N3O.ClH/c19-17-12-21(11-16(17)14-7-3-1-4-8-14)13-18(22)20-15-9-5-2-6-10-15;/h1-10,16-17H,11-13,19H2,(H,20,22);1H/t16-,17+;/m0./s1. The normalized spacial score (nSPS) is 20.7. The van der Waals surface area contributed by atoms with Crippen LogP contribution in [-0.4, -0.2) is 36.5 Å². The third-order valence-corrected chi connectivity index (χ3v) is 4.09. The van der Waals surface area contributed by atoms with Gasteiger partial charge in [-0.25, -0.2) is 0 Å².